The predicted octanol–water partition coefficient (Wildman–Crippen LogP) is 7.51. The fourth-order valence-corrected chi connectivity index (χ4v) is 4.29. The molecule has 0 fully saturated rings. The van der Waals surface area contributed by atoms with Gasteiger partial charge in [0.15, 0.2) is 10.7 Å². The maximum Gasteiger partial charge on any atom is 0.257 e. The summed E-state index contributed by atoms with van der Waals surface area (Å²) in [6.07, 6.45) is 0. The number of thiocarbonyl (C=S) groups is 1. The van der Waals surface area contributed by atoms with Crippen molar-refractivity contribution >= 4 is 63.2 Å². The molecule has 6 nitrogen and oxygen atoms in total. The van der Waals surface area contributed by atoms with Gasteiger partial charge < -0.3 is 14.5 Å². The van der Waals surface area contributed by atoms with Crippen LogP contribution in [-0.4, -0.2) is 16.0 Å². The second-order valence-corrected chi connectivity index (χ2v) is 9.29. The van der Waals surface area contributed by atoms with E-state index in [2.05, 4.69) is 15.6 Å². The molecule has 0 saturated heterocycles. The highest BCUT2D eigenvalue weighted by Crippen LogP contribution is 2.32. The number of hydrogen-bond acceptors (Lipinski definition) is 5. The third kappa shape index (κ3) is 6.09. The van der Waals surface area contributed by atoms with Gasteiger partial charge in [-0.2, -0.15) is 0 Å². The minimum absolute atomic E-state index is 0.143. The van der Waals surface area contributed by atoms with Crippen LogP contribution in [0.3, 0.4) is 0 Å². The molecular weight excluding hydrogens is 529 g/mol. The average Bonchev–Trinajstić information content (AvgIpc) is 3.31. The maximum absolute atomic E-state index is 12.8. The van der Waals surface area contributed by atoms with E-state index in [4.69, 9.17) is 44.6 Å². The molecule has 5 aromatic rings. The number of carbonyl (C=O) groups is 1. The molecule has 2 N–H and O–H groups in total. The van der Waals surface area contributed by atoms with Crippen molar-refractivity contribution in [2.75, 3.05) is 5.32 Å². The standard InChI is InChI=1S/C28H19Cl2N3O3S/c29-19-9-11-22(23(30)14-19)27-32-24-15-20(10-12-25(24)36-27)31-28(37)33-26(34)18-7-4-8-21(13-18)35-16-17-5-2-1-3-6-17/h1-15H,16H2,(H2,31,33,34,37). The molecule has 0 unspecified atom stereocenters. The fourth-order valence-electron chi connectivity index (χ4n) is 3.59. The molecule has 1 amide bonds. The number of nitrogens with zero attached hydrogens (tertiary/aromatic N) is 1. The van der Waals surface area contributed by atoms with Gasteiger partial charge in [0.2, 0.25) is 5.89 Å². The molecule has 0 radical (unpaired) electrons. The normalized spacial score (nSPS) is 10.8. The van der Waals surface area contributed by atoms with Crippen LogP contribution in [0.1, 0.15) is 15.9 Å². The molecule has 0 aliphatic carbocycles. The van der Waals surface area contributed by atoms with Crippen molar-refractivity contribution in [3.63, 3.8) is 0 Å². The Bertz CT molecular complexity index is 1610. The van der Waals surface area contributed by atoms with E-state index >= 15 is 0 Å². The van der Waals surface area contributed by atoms with Crippen LogP contribution in [0, 0.1) is 0 Å². The minimum atomic E-state index is -0.357. The summed E-state index contributed by atoms with van der Waals surface area (Å²) >= 11 is 17.6. The first-order valence-corrected chi connectivity index (χ1v) is 12.4. The second-order valence-electron chi connectivity index (χ2n) is 8.04. The fraction of sp³-hybridized carbons (Fsp3) is 0.0357. The van der Waals surface area contributed by atoms with Crippen molar-refractivity contribution in [1.29, 1.82) is 0 Å². The lowest BCUT2D eigenvalue weighted by Crippen LogP contribution is -2.34. The van der Waals surface area contributed by atoms with Gasteiger partial charge in [-0.05, 0) is 72.4 Å². The van der Waals surface area contributed by atoms with Crippen LogP contribution in [-0.2, 0) is 6.61 Å². The van der Waals surface area contributed by atoms with Crippen molar-refractivity contribution in [1.82, 2.24) is 10.3 Å². The first kappa shape index (κ1) is 24.8. The summed E-state index contributed by atoms with van der Waals surface area (Å²) in [4.78, 5) is 17.3. The van der Waals surface area contributed by atoms with Gasteiger partial charge in [0, 0.05) is 16.3 Å². The summed E-state index contributed by atoms with van der Waals surface area (Å²) in [6, 6.07) is 27.1. The van der Waals surface area contributed by atoms with Gasteiger partial charge in [-0.1, -0.05) is 59.6 Å². The summed E-state index contributed by atoms with van der Waals surface area (Å²) in [5.74, 6) is 0.604. The van der Waals surface area contributed by atoms with Crippen LogP contribution in [0.25, 0.3) is 22.6 Å². The van der Waals surface area contributed by atoms with Gasteiger partial charge in [-0.25, -0.2) is 4.98 Å². The summed E-state index contributed by atoms with van der Waals surface area (Å²) in [7, 11) is 0. The highest BCUT2D eigenvalue weighted by atomic mass is 35.5. The number of ether oxygens (including phenoxy) is 1. The van der Waals surface area contributed by atoms with Crippen molar-refractivity contribution in [3.05, 3.63) is 112 Å². The molecule has 5 rings (SSSR count). The van der Waals surface area contributed by atoms with Crippen molar-refractivity contribution in [3.8, 4) is 17.2 Å². The Kier molecular flexibility index (Phi) is 7.37. The lowest BCUT2D eigenvalue weighted by Gasteiger charge is -2.11. The number of hydrogen-bond donors (Lipinski definition) is 2. The Morgan fingerprint density at radius 2 is 1.78 bits per heavy atom. The molecule has 37 heavy (non-hydrogen) atoms. The highest BCUT2D eigenvalue weighted by Gasteiger charge is 2.14. The first-order valence-electron chi connectivity index (χ1n) is 11.2. The topological polar surface area (TPSA) is 76.4 Å². The monoisotopic (exact) mass is 547 g/mol. The number of benzene rings is 4. The van der Waals surface area contributed by atoms with Gasteiger partial charge in [0.1, 0.15) is 17.9 Å². The van der Waals surface area contributed by atoms with Crippen LogP contribution in [0.5, 0.6) is 5.75 Å². The largest absolute Gasteiger partial charge is 0.489 e. The zero-order chi connectivity index (χ0) is 25.8. The van der Waals surface area contributed by atoms with E-state index in [-0.39, 0.29) is 11.0 Å². The van der Waals surface area contributed by atoms with E-state index < -0.39 is 0 Å². The smallest absolute Gasteiger partial charge is 0.257 e. The van der Waals surface area contributed by atoms with Crippen LogP contribution < -0.4 is 15.4 Å². The molecule has 4 aromatic carbocycles. The Balaban J connectivity index is 1.23. The number of fused-ring (bicyclic) bond motifs is 1. The number of aromatic nitrogens is 1. The third-order valence-corrected chi connectivity index (χ3v) is 6.13. The zero-order valence-electron chi connectivity index (χ0n) is 19.2. The molecule has 0 aliphatic heterocycles. The van der Waals surface area contributed by atoms with Crippen molar-refractivity contribution in [2.24, 2.45) is 0 Å². The Labute approximate surface area is 228 Å². The highest BCUT2D eigenvalue weighted by molar-refractivity contribution is 7.80. The number of oxazole rings is 1. The number of nitrogens with one attached hydrogen (secondary N) is 2. The van der Waals surface area contributed by atoms with Crippen molar-refractivity contribution < 1.29 is 13.9 Å². The van der Waals surface area contributed by atoms with Crippen LogP contribution >= 0.6 is 35.4 Å². The number of amides is 1. The molecule has 0 spiro atoms. The van der Waals surface area contributed by atoms with E-state index in [0.717, 1.165) is 5.56 Å². The Hall–Kier alpha value is -3.91. The third-order valence-electron chi connectivity index (χ3n) is 5.38. The van der Waals surface area contributed by atoms with E-state index in [1.54, 1.807) is 60.7 Å². The van der Waals surface area contributed by atoms with Crippen LogP contribution in [0.2, 0.25) is 10.0 Å². The molecule has 1 heterocycles. The zero-order valence-corrected chi connectivity index (χ0v) is 21.5. The molecule has 1 aromatic heterocycles. The van der Waals surface area contributed by atoms with Crippen LogP contribution in [0.15, 0.2) is 95.4 Å². The Morgan fingerprint density at radius 3 is 2.59 bits per heavy atom. The summed E-state index contributed by atoms with van der Waals surface area (Å²) in [5, 5.41) is 6.81. The van der Waals surface area contributed by atoms with E-state index in [0.29, 0.717) is 56.2 Å². The molecular formula is C28H19Cl2N3O3S. The van der Waals surface area contributed by atoms with Crippen molar-refractivity contribution in [2.45, 2.75) is 6.61 Å². The van der Waals surface area contributed by atoms with E-state index in [9.17, 15) is 4.79 Å². The number of rotatable bonds is 6. The number of anilines is 1. The molecule has 184 valence electrons. The predicted molar refractivity (Wildman–Crippen MR) is 150 cm³/mol. The Morgan fingerprint density at radius 1 is 0.946 bits per heavy atom. The molecule has 0 bridgehead atoms. The minimum Gasteiger partial charge on any atom is -0.489 e. The van der Waals surface area contributed by atoms with Gasteiger partial charge in [-0.15, -0.1) is 0 Å². The summed E-state index contributed by atoms with van der Waals surface area (Å²) < 4.78 is 11.6. The van der Waals surface area contributed by atoms with Gasteiger partial charge >= 0.3 is 0 Å². The SMILES string of the molecule is O=C(NC(=S)Nc1ccc2oc(-c3ccc(Cl)cc3Cl)nc2c1)c1cccc(OCc2ccccc2)c1. The summed E-state index contributed by atoms with van der Waals surface area (Å²) in [6.45, 7) is 0.405. The van der Waals surface area contributed by atoms with Gasteiger partial charge in [-0.3, -0.25) is 10.1 Å². The first-order chi connectivity index (χ1) is 17.9. The lowest BCUT2D eigenvalue weighted by atomic mass is 10.2. The maximum atomic E-state index is 12.8. The lowest BCUT2D eigenvalue weighted by molar-refractivity contribution is 0.0977. The molecule has 9 heteroatoms. The second kappa shape index (κ2) is 11.0. The van der Waals surface area contributed by atoms with Gasteiger partial charge in [0.25, 0.3) is 5.91 Å². The summed E-state index contributed by atoms with van der Waals surface area (Å²) in [5.41, 5.74) is 3.91. The van der Waals surface area contributed by atoms with E-state index in [1.807, 2.05) is 30.3 Å². The van der Waals surface area contributed by atoms with Crippen LogP contribution in [0.4, 0.5) is 5.69 Å². The number of halogens is 2. The quantitative estimate of drug-likeness (QED) is 0.214. The average molecular weight is 548 g/mol. The molecule has 0 saturated carbocycles. The van der Waals surface area contributed by atoms with Gasteiger partial charge in [0.05, 0.1) is 10.6 Å². The molecule has 0 aliphatic rings. The molecule has 0 atom stereocenters. The number of carbonyl (C=O) groups excluding carboxylic acids is 1. The van der Waals surface area contributed by atoms with E-state index in [1.165, 1.54) is 0 Å².